The lowest BCUT2D eigenvalue weighted by atomic mass is 9.84. The number of hydrogen-bond acceptors (Lipinski definition) is 4. The molecule has 0 aliphatic carbocycles. The van der Waals surface area contributed by atoms with Crippen LogP contribution in [0.3, 0.4) is 0 Å². The molecule has 0 bridgehead atoms. The van der Waals surface area contributed by atoms with E-state index in [2.05, 4.69) is 15.3 Å². The molecule has 6 nitrogen and oxygen atoms in total. The van der Waals surface area contributed by atoms with Gasteiger partial charge in [0.25, 0.3) is 0 Å². The van der Waals surface area contributed by atoms with Crippen molar-refractivity contribution in [3.63, 3.8) is 0 Å². The van der Waals surface area contributed by atoms with Crippen molar-refractivity contribution in [1.29, 1.82) is 0 Å². The van der Waals surface area contributed by atoms with Gasteiger partial charge in [-0.15, -0.1) is 0 Å². The van der Waals surface area contributed by atoms with E-state index in [1.807, 2.05) is 37.3 Å². The molecule has 1 N–H and O–H groups in total. The van der Waals surface area contributed by atoms with Gasteiger partial charge in [-0.05, 0) is 25.0 Å². The van der Waals surface area contributed by atoms with Gasteiger partial charge in [-0.25, -0.2) is 9.97 Å². The number of nitrogens with zero attached hydrogens (tertiary/aromatic N) is 3. The first-order valence-electron chi connectivity index (χ1n) is 8.43. The number of hydrogen-bond donors (Lipinski definition) is 1. The molecule has 2 atom stereocenters. The van der Waals surface area contributed by atoms with Crippen molar-refractivity contribution in [1.82, 2.24) is 20.2 Å². The SMILES string of the molecule is Cc1nccc(CNC(=O)[C@@H]2CCC(=O)N(C)[C@@H]2c2ccccc2)n1. The lowest BCUT2D eigenvalue weighted by Crippen LogP contribution is -2.46. The van der Waals surface area contributed by atoms with E-state index in [0.29, 0.717) is 25.2 Å². The van der Waals surface area contributed by atoms with Gasteiger partial charge in [0.15, 0.2) is 0 Å². The van der Waals surface area contributed by atoms with Crippen molar-refractivity contribution in [3.8, 4) is 0 Å². The van der Waals surface area contributed by atoms with Crippen LogP contribution in [-0.2, 0) is 16.1 Å². The predicted molar refractivity (Wildman–Crippen MR) is 93.3 cm³/mol. The summed E-state index contributed by atoms with van der Waals surface area (Å²) < 4.78 is 0. The van der Waals surface area contributed by atoms with Gasteiger partial charge in [-0.2, -0.15) is 0 Å². The van der Waals surface area contributed by atoms with E-state index >= 15 is 0 Å². The maximum absolute atomic E-state index is 12.8. The maximum Gasteiger partial charge on any atom is 0.225 e. The van der Waals surface area contributed by atoms with Crippen LogP contribution >= 0.6 is 0 Å². The summed E-state index contributed by atoms with van der Waals surface area (Å²) in [6.07, 6.45) is 2.63. The summed E-state index contributed by atoms with van der Waals surface area (Å²) in [6.45, 7) is 2.18. The third-order valence-electron chi connectivity index (χ3n) is 4.62. The summed E-state index contributed by atoms with van der Waals surface area (Å²) >= 11 is 0. The first kappa shape index (κ1) is 17.1. The first-order chi connectivity index (χ1) is 12.1. The van der Waals surface area contributed by atoms with Crippen LogP contribution in [0, 0.1) is 12.8 Å². The molecule has 0 saturated carbocycles. The molecule has 1 fully saturated rings. The highest BCUT2D eigenvalue weighted by Gasteiger charge is 2.38. The highest BCUT2D eigenvalue weighted by molar-refractivity contribution is 5.84. The minimum atomic E-state index is -0.270. The van der Waals surface area contributed by atoms with Crippen LogP contribution in [0.15, 0.2) is 42.6 Å². The summed E-state index contributed by atoms with van der Waals surface area (Å²) in [7, 11) is 1.77. The largest absolute Gasteiger partial charge is 0.350 e. The molecule has 1 aliphatic rings. The molecule has 3 rings (SSSR count). The topological polar surface area (TPSA) is 75.2 Å². The zero-order valence-corrected chi connectivity index (χ0v) is 14.5. The number of aromatic nitrogens is 2. The molecular weight excluding hydrogens is 316 g/mol. The summed E-state index contributed by atoms with van der Waals surface area (Å²) in [5, 5.41) is 2.96. The average Bonchev–Trinajstić information content (AvgIpc) is 2.62. The lowest BCUT2D eigenvalue weighted by Gasteiger charge is -2.38. The van der Waals surface area contributed by atoms with E-state index in [4.69, 9.17) is 0 Å². The smallest absolute Gasteiger partial charge is 0.225 e. The normalized spacial score (nSPS) is 20.4. The molecule has 25 heavy (non-hydrogen) atoms. The number of carbonyl (C=O) groups is 2. The van der Waals surface area contributed by atoms with Crippen LogP contribution in [0.4, 0.5) is 0 Å². The highest BCUT2D eigenvalue weighted by Crippen LogP contribution is 2.35. The quantitative estimate of drug-likeness (QED) is 0.925. The zero-order chi connectivity index (χ0) is 17.8. The van der Waals surface area contributed by atoms with Crippen molar-refractivity contribution >= 4 is 11.8 Å². The van der Waals surface area contributed by atoms with Crippen molar-refractivity contribution in [2.75, 3.05) is 7.05 Å². The number of likely N-dealkylation sites (tertiary alicyclic amines) is 1. The summed E-state index contributed by atoms with van der Waals surface area (Å²) in [4.78, 5) is 35.0. The van der Waals surface area contributed by atoms with Gasteiger partial charge in [0.05, 0.1) is 24.2 Å². The molecule has 1 aromatic heterocycles. The fraction of sp³-hybridized carbons (Fsp3) is 0.368. The fourth-order valence-corrected chi connectivity index (χ4v) is 3.33. The Morgan fingerprint density at radius 3 is 2.76 bits per heavy atom. The van der Waals surface area contributed by atoms with Gasteiger partial charge in [0.2, 0.25) is 11.8 Å². The second kappa shape index (κ2) is 7.42. The molecule has 130 valence electrons. The Morgan fingerprint density at radius 2 is 2.04 bits per heavy atom. The number of piperidine rings is 1. The molecule has 1 aliphatic heterocycles. The van der Waals surface area contributed by atoms with Crippen LogP contribution in [0.2, 0.25) is 0 Å². The molecule has 0 radical (unpaired) electrons. The van der Waals surface area contributed by atoms with Crippen LogP contribution < -0.4 is 5.32 Å². The molecule has 6 heteroatoms. The van der Waals surface area contributed by atoms with Gasteiger partial charge >= 0.3 is 0 Å². The molecular formula is C19H22N4O2. The van der Waals surface area contributed by atoms with Crippen molar-refractivity contribution in [3.05, 3.63) is 59.7 Å². The maximum atomic E-state index is 12.8. The average molecular weight is 338 g/mol. The van der Waals surface area contributed by atoms with E-state index in [0.717, 1.165) is 11.3 Å². The van der Waals surface area contributed by atoms with Crippen LogP contribution in [0.5, 0.6) is 0 Å². The van der Waals surface area contributed by atoms with E-state index < -0.39 is 0 Å². The summed E-state index contributed by atoms with van der Waals surface area (Å²) in [5.74, 6) is 0.429. The number of nitrogens with one attached hydrogen (secondary N) is 1. The van der Waals surface area contributed by atoms with Gasteiger partial charge in [-0.3, -0.25) is 9.59 Å². The third-order valence-corrected chi connectivity index (χ3v) is 4.62. The van der Waals surface area contributed by atoms with E-state index in [9.17, 15) is 9.59 Å². The van der Waals surface area contributed by atoms with Gasteiger partial charge in [0.1, 0.15) is 5.82 Å². The van der Waals surface area contributed by atoms with E-state index in [-0.39, 0.29) is 23.8 Å². The molecule has 1 aromatic carbocycles. The van der Waals surface area contributed by atoms with Crippen molar-refractivity contribution < 1.29 is 9.59 Å². The Morgan fingerprint density at radius 1 is 1.28 bits per heavy atom. The Bertz CT molecular complexity index is 763. The van der Waals surface area contributed by atoms with Crippen molar-refractivity contribution in [2.24, 2.45) is 5.92 Å². The Hall–Kier alpha value is -2.76. The molecule has 2 aromatic rings. The van der Waals surface area contributed by atoms with Gasteiger partial charge < -0.3 is 10.2 Å². The van der Waals surface area contributed by atoms with Gasteiger partial charge in [-0.1, -0.05) is 30.3 Å². The Kier molecular flexibility index (Phi) is 5.07. The minimum absolute atomic E-state index is 0.0514. The van der Waals surface area contributed by atoms with E-state index in [1.54, 1.807) is 24.2 Å². The first-order valence-corrected chi connectivity index (χ1v) is 8.43. The molecule has 0 unspecified atom stereocenters. The second-order valence-corrected chi connectivity index (χ2v) is 6.32. The number of aryl methyl sites for hydroxylation is 1. The Balaban J connectivity index is 1.76. The monoisotopic (exact) mass is 338 g/mol. The third kappa shape index (κ3) is 3.84. The summed E-state index contributed by atoms with van der Waals surface area (Å²) in [5.41, 5.74) is 1.76. The highest BCUT2D eigenvalue weighted by atomic mass is 16.2. The number of benzene rings is 1. The van der Waals surface area contributed by atoms with Crippen LogP contribution in [0.1, 0.15) is 36.0 Å². The Labute approximate surface area is 147 Å². The molecule has 2 heterocycles. The van der Waals surface area contributed by atoms with Crippen LogP contribution in [-0.4, -0.2) is 33.7 Å². The lowest BCUT2D eigenvalue weighted by molar-refractivity contribution is -0.141. The number of carbonyl (C=O) groups excluding carboxylic acids is 2. The summed E-state index contributed by atoms with van der Waals surface area (Å²) in [6, 6.07) is 11.3. The fourth-order valence-electron chi connectivity index (χ4n) is 3.33. The second-order valence-electron chi connectivity index (χ2n) is 6.32. The minimum Gasteiger partial charge on any atom is -0.350 e. The number of rotatable bonds is 4. The molecule has 0 spiro atoms. The van der Waals surface area contributed by atoms with E-state index in [1.165, 1.54) is 0 Å². The van der Waals surface area contributed by atoms with Crippen LogP contribution in [0.25, 0.3) is 0 Å². The predicted octanol–water partition coefficient (Wildman–Crippen LogP) is 2.01. The molecule has 1 saturated heterocycles. The number of amides is 2. The van der Waals surface area contributed by atoms with Crippen molar-refractivity contribution in [2.45, 2.75) is 32.4 Å². The standard InChI is InChI=1S/C19H22N4O2/c1-13-20-11-10-15(22-13)12-21-19(25)16-8-9-17(24)23(2)18(16)14-6-4-3-5-7-14/h3-7,10-11,16,18H,8-9,12H2,1-2H3,(H,21,25)/t16-,18-/m1/s1. The zero-order valence-electron chi connectivity index (χ0n) is 14.5. The van der Waals surface area contributed by atoms with Gasteiger partial charge in [0, 0.05) is 19.7 Å². The molecule has 2 amide bonds.